The van der Waals surface area contributed by atoms with Crippen LogP contribution in [0.15, 0.2) is 59.5 Å². The van der Waals surface area contributed by atoms with Gasteiger partial charge in [-0.05, 0) is 42.0 Å². The van der Waals surface area contributed by atoms with Gasteiger partial charge in [-0.3, -0.25) is 9.52 Å². The second-order valence-electron chi connectivity index (χ2n) is 6.28. The molecule has 0 saturated heterocycles. The molecule has 0 aliphatic rings. The van der Waals surface area contributed by atoms with Gasteiger partial charge < -0.3 is 11.1 Å². The van der Waals surface area contributed by atoms with Crippen LogP contribution in [0, 0.1) is 11.6 Å². The number of rotatable bonds is 6. The molecule has 0 saturated carbocycles. The quantitative estimate of drug-likeness (QED) is 0.467. The average Bonchev–Trinajstić information content (AvgIpc) is 2.69. The number of carbonyl (C=O) groups excluding carboxylic acids is 1. The zero-order valence-electron chi connectivity index (χ0n) is 15.6. The Morgan fingerprint density at radius 1 is 1.00 bits per heavy atom. The first-order valence-electron chi connectivity index (χ1n) is 8.69. The van der Waals surface area contributed by atoms with E-state index >= 15 is 0 Å². The molecule has 1 amide bonds. The summed E-state index contributed by atoms with van der Waals surface area (Å²) in [6.07, 6.45) is 0. The molecule has 0 heterocycles. The molecule has 3 aromatic rings. The molecule has 0 unspecified atom stereocenters. The fourth-order valence-corrected chi connectivity index (χ4v) is 4.40. The molecule has 0 spiro atoms. The van der Waals surface area contributed by atoms with Gasteiger partial charge in [-0.15, -0.1) is 0 Å². The number of hydrogen-bond donors (Lipinski definition) is 3. The SMILES string of the molecule is NCc1ccc(NC(=O)c2c(F)cccc2Cl)cc1NS(=O)(=O)c1cccc(Cl)c1F. The van der Waals surface area contributed by atoms with Gasteiger partial charge in [0.1, 0.15) is 10.7 Å². The topological polar surface area (TPSA) is 101 Å². The van der Waals surface area contributed by atoms with Crippen LogP contribution in [0.1, 0.15) is 15.9 Å². The summed E-state index contributed by atoms with van der Waals surface area (Å²) in [6, 6.07) is 11.5. The standard InChI is InChI=1S/C20H15Cl2F2N3O3S/c21-13-3-1-5-15(23)18(13)20(28)26-12-8-7-11(10-25)16(9-12)27-31(29,30)17-6-2-4-14(22)19(17)24/h1-9,27H,10,25H2,(H,26,28). The Hall–Kier alpha value is -2.72. The van der Waals surface area contributed by atoms with Crippen LogP contribution in [0.4, 0.5) is 20.2 Å². The van der Waals surface area contributed by atoms with Crippen molar-refractivity contribution in [3.8, 4) is 0 Å². The largest absolute Gasteiger partial charge is 0.326 e. The third-order valence-corrected chi connectivity index (χ3v) is 6.22. The van der Waals surface area contributed by atoms with Gasteiger partial charge in [-0.2, -0.15) is 0 Å². The number of anilines is 2. The van der Waals surface area contributed by atoms with Crippen LogP contribution in [-0.4, -0.2) is 14.3 Å². The number of sulfonamides is 1. The Balaban J connectivity index is 1.94. The number of hydrogen-bond acceptors (Lipinski definition) is 4. The summed E-state index contributed by atoms with van der Waals surface area (Å²) in [4.78, 5) is 11.8. The van der Waals surface area contributed by atoms with Gasteiger partial charge >= 0.3 is 0 Å². The van der Waals surface area contributed by atoms with Gasteiger partial charge in [-0.1, -0.05) is 41.4 Å². The van der Waals surface area contributed by atoms with Crippen LogP contribution in [0.5, 0.6) is 0 Å². The van der Waals surface area contributed by atoms with Crippen LogP contribution in [-0.2, 0) is 16.6 Å². The molecule has 0 aliphatic heterocycles. The van der Waals surface area contributed by atoms with E-state index in [-0.39, 0.29) is 33.5 Å². The second-order valence-corrected chi connectivity index (χ2v) is 8.75. The van der Waals surface area contributed by atoms with Crippen molar-refractivity contribution in [1.82, 2.24) is 0 Å². The number of nitrogens with one attached hydrogen (secondary N) is 2. The normalized spacial score (nSPS) is 11.3. The van der Waals surface area contributed by atoms with Crippen molar-refractivity contribution in [1.29, 1.82) is 0 Å². The minimum Gasteiger partial charge on any atom is -0.326 e. The minimum atomic E-state index is -4.37. The van der Waals surface area contributed by atoms with Crippen LogP contribution in [0.25, 0.3) is 0 Å². The molecule has 11 heteroatoms. The summed E-state index contributed by atoms with van der Waals surface area (Å²) in [7, 11) is -4.37. The number of benzene rings is 3. The molecule has 4 N–H and O–H groups in total. The lowest BCUT2D eigenvalue weighted by molar-refractivity contribution is 0.102. The van der Waals surface area contributed by atoms with E-state index in [1.165, 1.54) is 42.5 Å². The van der Waals surface area contributed by atoms with Crippen LogP contribution in [0.3, 0.4) is 0 Å². The van der Waals surface area contributed by atoms with Crippen molar-refractivity contribution in [2.45, 2.75) is 11.4 Å². The molecule has 0 aliphatic carbocycles. The molecule has 31 heavy (non-hydrogen) atoms. The average molecular weight is 486 g/mol. The predicted molar refractivity (Wildman–Crippen MR) is 116 cm³/mol. The van der Waals surface area contributed by atoms with Crippen LogP contribution < -0.4 is 15.8 Å². The third-order valence-electron chi connectivity index (χ3n) is 4.23. The minimum absolute atomic E-state index is 0.000643. The van der Waals surface area contributed by atoms with Crippen molar-refractivity contribution in [2.75, 3.05) is 10.0 Å². The van der Waals surface area contributed by atoms with Gasteiger partial charge in [0, 0.05) is 12.2 Å². The van der Waals surface area contributed by atoms with Gasteiger partial charge in [0.05, 0.1) is 21.3 Å². The fourth-order valence-electron chi connectivity index (χ4n) is 2.73. The number of nitrogens with two attached hydrogens (primary N) is 1. The maximum Gasteiger partial charge on any atom is 0.264 e. The highest BCUT2D eigenvalue weighted by Crippen LogP contribution is 2.28. The van der Waals surface area contributed by atoms with E-state index in [2.05, 4.69) is 10.0 Å². The molecular weight excluding hydrogens is 471 g/mol. The van der Waals surface area contributed by atoms with Crippen LogP contribution in [0.2, 0.25) is 10.0 Å². The Morgan fingerprint density at radius 3 is 2.35 bits per heavy atom. The fraction of sp³-hybridized carbons (Fsp3) is 0.0500. The van der Waals surface area contributed by atoms with E-state index in [1.54, 1.807) is 0 Å². The maximum absolute atomic E-state index is 14.2. The summed E-state index contributed by atoms with van der Waals surface area (Å²) in [6.45, 7) is -0.0523. The summed E-state index contributed by atoms with van der Waals surface area (Å²) in [5.74, 6) is -2.76. The highest BCUT2D eigenvalue weighted by molar-refractivity contribution is 7.92. The Labute approximate surface area is 187 Å². The maximum atomic E-state index is 14.2. The number of halogens is 4. The predicted octanol–water partition coefficient (Wildman–Crippen LogP) is 4.78. The number of carbonyl (C=O) groups is 1. The molecule has 0 aromatic heterocycles. The van der Waals surface area contributed by atoms with Gasteiger partial charge in [0.2, 0.25) is 0 Å². The third kappa shape index (κ3) is 4.96. The first kappa shape index (κ1) is 23.0. The Morgan fingerprint density at radius 2 is 1.68 bits per heavy atom. The summed E-state index contributed by atoms with van der Waals surface area (Å²) < 4.78 is 55.8. The van der Waals surface area contributed by atoms with E-state index in [0.717, 1.165) is 12.1 Å². The molecule has 162 valence electrons. The molecule has 3 rings (SSSR count). The molecule has 0 atom stereocenters. The summed E-state index contributed by atoms with van der Waals surface area (Å²) >= 11 is 11.6. The van der Waals surface area contributed by atoms with Gasteiger partial charge in [-0.25, -0.2) is 17.2 Å². The molecule has 3 aromatic carbocycles. The van der Waals surface area contributed by atoms with Crippen molar-refractivity contribution < 1.29 is 22.0 Å². The van der Waals surface area contributed by atoms with E-state index in [4.69, 9.17) is 28.9 Å². The molecule has 6 nitrogen and oxygen atoms in total. The Kier molecular flexibility index (Phi) is 6.80. The van der Waals surface area contributed by atoms with E-state index in [0.29, 0.717) is 5.56 Å². The second kappa shape index (κ2) is 9.19. The molecule has 0 fully saturated rings. The van der Waals surface area contributed by atoms with E-state index in [1.807, 2.05) is 0 Å². The lowest BCUT2D eigenvalue weighted by Crippen LogP contribution is -2.18. The van der Waals surface area contributed by atoms with E-state index < -0.39 is 32.5 Å². The first-order chi connectivity index (χ1) is 14.6. The van der Waals surface area contributed by atoms with Crippen molar-refractivity contribution >= 4 is 50.5 Å². The first-order valence-corrected chi connectivity index (χ1v) is 10.9. The van der Waals surface area contributed by atoms with Gasteiger partial charge in [0.15, 0.2) is 5.82 Å². The monoisotopic (exact) mass is 485 g/mol. The van der Waals surface area contributed by atoms with Gasteiger partial charge in [0.25, 0.3) is 15.9 Å². The van der Waals surface area contributed by atoms with Crippen LogP contribution >= 0.6 is 23.2 Å². The van der Waals surface area contributed by atoms with Crippen molar-refractivity contribution in [2.24, 2.45) is 5.73 Å². The van der Waals surface area contributed by atoms with Crippen molar-refractivity contribution in [3.05, 3.63) is 87.4 Å². The molecule has 0 bridgehead atoms. The number of amides is 1. The summed E-state index contributed by atoms with van der Waals surface area (Å²) in [5, 5.41) is 2.00. The smallest absolute Gasteiger partial charge is 0.264 e. The molecule has 0 radical (unpaired) electrons. The summed E-state index contributed by atoms with van der Waals surface area (Å²) in [5.41, 5.74) is 5.79. The van der Waals surface area contributed by atoms with E-state index in [9.17, 15) is 22.0 Å². The zero-order chi connectivity index (χ0) is 22.8. The lowest BCUT2D eigenvalue weighted by Gasteiger charge is -2.15. The molecular formula is C20H15Cl2F2N3O3S. The Bertz CT molecular complexity index is 1250. The van der Waals surface area contributed by atoms with Crippen molar-refractivity contribution in [3.63, 3.8) is 0 Å². The zero-order valence-corrected chi connectivity index (χ0v) is 18.0. The lowest BCUT2D eigenvalue weighted by atomic mass is 10.1. The highest BCUT2D eigenvalue weighted by atomic mass is 35.5. The highest BCUT2D eigenvalue weighted by Gasteiger charge is 2.22.